The Hall–Kier alpha value is -2.57. The molecule has 3 rings (SSSR count). The average molecular weight is 386 g/mol. The first kappa shape index (κ1) is 20.2. The Labute approximate surface area is 166 Å². The first-order chi connectivity index (χ1) is 13.7. The second-order valence-corrected chi connectivity index (χ2v) is 7.47. The highest BCUT2D eigenvalue weighted by Crippen LogP contribution is 2.17. The van der Waals surface area contributed by atoms with Gasteiger partial charge in [-0.15, -0.1) is 0 Å². The van der Waals surface area contributed by atoms with Gasteiger partial charge in [0.05, 0.1) is 17.4 Å². The largest absolute Gasteiger partial charge is 0.356 e. The van der Waals surface area contributed by atoms with E-state index in [1.807, 2.05) is 24.5 Å². The van der Waals surface area contributed by atoms with E-state index in [-0.39, 0.29) is 11.9 Å². The maximum absolute atomic E-state index is 11.9. The van der Waals surface area contributed by atoms with Crippen molar-refractivity contribution in [3.63, 3.8) is 0 Å². The molecule has 0 aliphatic heterocycles. The van der Waals surface area contributed by atoms with E-state index in [2.05, 4.69) is 31.6 Å². The molecule has 2 aromatic rings. The molecule has 0 unspecified atom stereocenters. The third-order valence-electron chi connectivity index (χ3n) is 5.23. The predicted octanol–water partition coefficient (Wildman–Crippen LogP) is 2.95. The van der Waals surface area contributed by atoms with Crippen LogP contribution in [0, 0.1) is 0 Å². The second-order valence-electron chi connectivity index (χ2n) is 7.47. The SMILES string of the molecule is O=C(CCCNC(=O)NC1CCCCC1)NCCCn1cnc2ccccc21. The van der Waals surface area contributed by atoms with E-state index in [9.17, 15) is 9.59 Å². The number of para-hydroxylation sites is 2. The van der Waals surface area contributed by atoms with Crippen LogP contribution in [0.2, 0.25) is 0 Å². The van der Waals surface area contributed by atoms with E-state index in [1.165, 1.54) is 19.3 Å². The van der Waals surface area contributed by atoms with Gasteiger partial charge >= 0.3 is 6.03 Å². The summed E-state index contributed by atoms with van der Waals surface area (Å²) in [4.78, 5) is 28.1. The number of amides is 3. The fraction of sp³-hybridized carbons (Fsp3) is 0.571. The molecule has 3 amide bonds. The van der Waals surface area contributed by atoms with Crippen molar-refractivity contribution in [1.29, 1.82) is 0 Å². The summed E-state index contributed by atoms with van der Waals surface area (Å²) in [6.45, 7) is 1.98. The van der Waals surface area contributed by atoms with Gasteiger partial charge in [0.15, 0.2) is 0 Å². The zero-order chi connectivity index (χ0) is 19.6. The maximum Gasteiger partial charge on any atom is 0.315 e. The van der Waals surface area contributed by atoms with Crippen LogP contribution in [-0.2, 0) is 11.3 Å². The van der Waals surface area contributed by atoms with Crippen LogP contribution in [0.25, 0.3) is 11.0 Å². The van der Waals surface area contributed by atoms with Gasteiger partial charge in [-0.3, -0.25) is 4.79 Å². The Kier molecular flexibility index (Phi) is 7.70. The number of hydrogen-bond acceptors (Lipinski definition) is 3. The van der Waals surface area contributed by atoms with Gasteiger partial charge in [-0.2, -0.15) is 0 Å². The number of carbonyl (C=O) groups is 2. The fourth-order valence-corrected chi connectivity index (χ4v) is 3.69. The summed E-state index contributed by atoms with van der Waals surface area (Å²) in [5, 5.41) is 8.81. The van der Waals surface area contributed by atoms with Crippen LogP contribution in [0.3, 0.4) is 0 Å². The zero-order valence-corrected chi connectivity index (χ0v) is 16.5. The molecule has 0 atom stereocenters. The molecule has 28 heavy (non-hydrogen) atoms. The van der Waals surface area contributed by atoms with Crippen LogP contribution in [0.5, 0.6) is 0 Å². The number of benzene rings is 1. The molecule has 1 aliphatic rings. The molecule has 3 N–H and O–H groups in total. The Morgan fingerprint density at radius 3 is 2.68 bits per heavy atom. The van der Waals surface area contributed by atoms with Crippen molar-refractivity contribution in [3.8, 4) is 0 Å². The molecule has 0 saturated heterocycles. The zero-order valence-electron chi connectivity index (χ0n) is 16.5. The topological polar surface area (TPSA) is 88.0 Å². The van der Waals surface area contributed by atoms with Crippen molar-refractivity contribution < 1.29 is 9.59 Å². The Morgan fingerprint density at radius 1 is 1.04 bits per heavy atom. The molecule has 1 aliphatic carbocycles. The van der Waals surface area contributed by atoms with E-state index in [0.717, 1.165) is 36.8 Å². The minimum absolute atomic E-state index is 0.0324. The maximum atomic E-state index is 11.9. The molecule has 7 heteroatoms. The highest BCUT2D eigenvalue weighted by molar-refractivity contribution is 5.76. The standard InChI is InChI=1S/C21H31N5O2/c27-20(12-6-13-23-21(28)25-17-8-2-1-3-9-17)22-14-7-15-26-16-24-18-10-4-5-11-19(18)26/h4-5,10-11,16-17H,1-3,6-9,12-15H2,(H,22,27)(H2,23,25,28). The lowest BCUT2D eigenvalue weighted by molar-refractivity contribution is -0.121. The van der Waals surface area contributed by atoms with Gasteiger partial charge in [0.1, 0.15) is 0 Å². The van der Waals surface area contributed by atoms with Gasteiger partial charge in [-0.1, -0.05) is 31.4 Å². The van der Waals surface area contributed by atoms with Gasteiger partial charge in [0.2, 0.25) is 5.91 Å². The number of aryl methyl sites for hydroxylation is 1. The minimum atomic E-state index is -0.111. The quantitative estimate of drug-likeness (QED) is 0.580. The molecular formula is C21H31N5O2. The summed E-state index contributed by atoms with van der Waals surface area (Å²) in [6, 6.07) is 8.24. The van der Waals surface area contributed by atoms with E-state index >= 15 is 0 Å². The Bertz CT molecular complexity index is 767. The monoisotopic (exact) mass is 385 g/mol. The van der Waals surface area contributed by atoms with Crippen LogP contribution in [-0.4, -0.2) is 40.6 Å². The number of nitrogens with zero attached hydrogens (tertiary/aromatic N) is 2. The van der Waals surface area contributed by atoms with E-state index < -0.39 is 0 Å². The summed E-state index contributed by atoms with van der Waals surface area (Å²) in [5.41, 5.74) is 2.11. The minimum Gasteiger partial charge on any atom is -0.356 e. The van der Waals surface area contributed by atoms with Crippen molar-refractivity contribution in [2.24, 2.45) is 0 Å². The lowest BCUT2D eigenvalue weighted by atomic mass is 9.96. The average Bonchev–Trinajstić information content (AvgIpc) is 3.12. The third-order valence-corrected chi connectivity index (χ3v) is 5.23. The highest BCUT2D eigenvalue weighted by Gasteiger charge is 2.15. The van der Waals surface area contributed by atoms with Crippen LogP contribution >= 0.6 is 0 Å². The number of fused-ring (bicyclic) bond motifs is 1. The molecule has 1 aromatic carbocycles. The van der Waals surface area contributed by atoms with E-state index in [1.54, 1.807) is 0 Å². The van der Waals surface area contributed by atoms with Crippen LogP contribution in [0.15, 0.2) is 30.6 Å². The first-order valence-electron chi connectivity index (χ1n) is 10.4. The summed E-state index contributed by atoms with van der Waals surface area (Å²) in [6.07, 6.45) is 9.59. The molecule has 1 fully saturated rings. The summed E-state index contributed by atoms with van der Waals surface area (Å²) in [7, 11) is 0. The van der Waals surface area contributed by atoms with Crippen LogP contribution in [0.1, 0.15) is 51.4 Å². The van der Waals surface area contributed by atoms with Crippen molar-refractivity contribution in [3.05, 3.63) is 30.6 Å². The van der Waals surface area contributed by atoms with Gasteiger partial charge < -0.3 is 20.5 Å². The molecule has 7 nitrogen and oxygen atoms in total. The first-order valence-corrected chi connectivity index (χ1v) is 10.4. The number of imidazole rings is 1. The smallest absolute Gasteiger partial charge is 0.315 e. The summed E-state index contributed by atoms with van der Waals surface area (Å²) < 4.78 is 2.11. The van der Waals surface area contributed by atoms with Gasteiger partial charge in [0, 0.05) is 32.1 Å². The molecule has 0 spiro atoms. The third kappa shape index (κ3) is 6.25. The normalized spacial score (nSPS) is 14.7. The molecule has 0 bridgehead atoms. The van der Waals surface area contributed by atoms with E-state index in [0.29, 0.717) is 32.0 Å². The lowest BCUT2D eigenvalue weighted by Crippen LogP contribution is -2.43. The van der Waals surface area contributed by atoms with Gasteiger partial charge in [-0.05, 0) is 37.8 Å². The Balaban J connectivity index is 1.22. The number of hydrogen-bond donors (Lipinski definition) is 3. The van der Waals surface area contributed by atoms with Crippen LogP contribution in [0.4, 0.5) is 4.79 Å². The molecule has 0 radical (unpaired) electrons. The highest BCUT2D eigenvalue weighted by atomic mass is 16.2. The number of urea groups is 1. The summed E-state index contributed by atoms with van der Waals surface area (Å²) in [5.74, 6) is 0.0324. The van der Waals surface area contributed by atoms with Crippen molar-refractivity contribution in [2.45, 2.75) is 64.0 Å². The number of nitrogens with one attached hydrogen (secondary N) is 3. The number of aromatic nitrogens is 2. The van der Waals surface area contributed by atoms with E-state index in [4.69, 9.17) is 0 Å². The van der Waals surface area contributed by atoms with Crippen LogP contribution < -0.4 is 16.0 Å². The van der Waals surface area contributed by atoms with Crippen molar-refractivity contribution in [2.75, 3.05) is 13.1 Å². The second kappa shape index (κ2) is 10.7. The number of rotatable bonds is 9. The summed E-state index contributed by atoms with van der Waals surface area (Å²) >= 11 is 0. The molecular weight excluding hydrogens is 354 g/mol. The predicted molar refractivity (Wildman–Crippen MR) is 110 cm³/mol. The fourth-order valence-electron chi connectivity index (χ4n) is 3.69. The molecule has 1 heterocycles. The molecule has 152 valence electrons. The van der Waals surface area contributed by atoms with Gasteiger partial charge in [-0.25, -0.2) is 9.78 Å². The lowest BCUT2D eigenvalue weighted by Gasteiger charge is -2.22. The Morgan fingerprint density at radius 2 is 1.82 bits per heavy atom. The molecule has 1 aromatic heterocycles. The van der Waals surface area contributed by atoms with Gasteiger partial charge in [0.25, 0.3) is 0 Å². The van der Waals surface area contributed by atoms with Crippen molar-refractivity contribution >= 4 is 23.0 Å². The number of carbonyl (C=O) groups excluding carboxylic acids is 2. The van der Waals surface area contributed by atoms with Crippen molar-refractivity contribution in [1.82, 2.24) is 25.5 Å². The molecule has 1 saturated carbocycles.